The molecule has 5 nitrogen and oxygen atoms in total. The van der Waals surface area contributed by atoms with Gasteiger partial charge in [-0.05, 0) is 6.92 Å². The molecule has 0 saturated carbocycles. The number of nitrogens with zero attached hydrogens (tertiary/aromatic N) is 2. The zero-order valence-corrected chi connectivity index (χ0v) is 7.39. The summed E-state index contributed by atoms with van der Waals surface area (Å²) in [5.74, 6) is 1.22. The maximum atomic E-state index is 10.1. The molecule has 0 saturated heterocycles. The predicted octanol–water partition coefficient (Wildman–Crippen LogP) is 0.431. The second-order valence-electron chi connectivity index (χ2n) is 2.22. The number of aliphatic carboxylic acids is 1. The minimum absolute atomic E-state index is 0.0909. The van der Waals surface area contributed by atoms with Gasteiger partial charge in [-0.25, -0.2) is 4.98 Å². The first-order valence-corrected chi connectivity index (χ1v) is 4.51. The van der Waals surface area contributed by atoms with Crippen LogP contribution in [0.5, 0.6) is 0 Å². The lowest BCUT2D eigenvalue weighted by atomic mass is 10.7. The molecule has 2 N–H and O–H groups in total. The number of thioether (sulfide) groups is 1. The van der Waals surface area contributed by atoms with Crippen molar-refractivity contribution in [2.24, 2.45) is 0 Å². The number of carboxylic acid groups (broad SMARTS) is 1. The van der Waals surface area contributed by atoms with E-state index in [0.717, 1.165) is 5.82 Å². The van der Waals surface area contributed by atoms with Gasteiger partial charge in [0.15, 0.2) is 5.82 Å². The topological polar surface area (TPSA) is 78.9 Å². The number of aromatic nitrogens is 3. The van der Waals surface area contributed by atoms with E-state index in [4.69, 9.17) is 5.11 Å². The van der Waals surface area contributed by atoms with E-state index in [-0.39, 0.29) is 5.75 Å². The van der Waals surface area contributed by atoms with E-state index in [1.165, 1.54) is 11.8 Å². The van der Waals surface area contributed by atoms with E-state index in [1.807, 2.05) is 0 Å². The number of H-pyrrole nitrogens is 1. The molecule has 1 aromatic rings. The van der Waals surface area contributed by atoms with Gasteiger partial charge < -0.3 is 5.11 Å². The fraction of sp³-hybridized carbons (Fsp3) is 0.500. The molecule has 0 unspecified atom stereocenters. The van der Waals surface area contributed by atoms with Crippen LogP contribution in [0.3, 0.4) is 0 Å². The summed E-state index contributed by atoms with van der Waals surface area (Å²) in [6.45, 7) is 1.80. The fourth-order valence-electron chi connectivity index (χ4n) is 0.683. The molecule has 0 radical (unpaired) electrons. The van der Waals surface area contributed by atoms with Crippen LogP contribution >= 0.6 is 11.8 Å². The maximum absolute atomic E-state index is 10.1. The Hall–Kier alpha value is -1.04. The zero-order valence-electron chi connectivity index (χ0n) is 6.57. The van der Waals surface area contributed by atoms with Crippen molar-refractivity contribution in [3.63, 3.8) is 0 Å². The summed E-state index contributed by atoms with van der Waals surface area (Å²) in [6, 6.07) is 0. The van der Waals surface area contributed by atoms with Crippen LogP contribution in [0.15, 0.2) is 0 Å². The smallest absolute Gasteiger partial charge is 0.313 e. The van der Waals surface area contributed by atoms with Crippen LogP contribution in [-0.2, 0) is 10.5 Å². The van der Waals surface area contributed by atoms with Crippen molar-refractivity contribution in [1.82, 2.24) is 15.2 Å². The summed E-state index contributed by atoms with van der Waals surface area (Å²) in [7, 11) is 0. The number of hydrogen-bond acceptors (Lipinski definition) is 4. The third kappa shape index (κ3) is 2.91. The van der Waals surface area contributed by atoms with Gasteiger partial charge in [0.2, 0.25) is 0 Å². The molecule has 1 rings (SSSR count). The Morgan fingerprint density at radius 3 is 3.00 bits per heavy atom. The van der Waals surface area contributed by atoms with Crippen molar-refractivity contribution < 1.29 is 9.90 Å². The number of aryl methyl sites for hydroxylation is 1. The monoisotopic (exact) mass is 187 g/mol. The molecule has 1 aromatic heterocycles. The average Bonchev–Trinajstić information content (AvgIpc) is 2.35. The number of carboxylic acids is 1. The van der Waals surface area contributed by atoms with Crippen molar-refractivity contribution in [3.05, 3.63) is 11.6 Å². The van der Waals surface area contributed by atoms with Gasteiger partial charge in [-0.2, -0.15) is 5.10 Å². The van der Waals surface area contributed by atoms with Gasteiger partial charge in [0.1, 0.15) is 5.82 Å². The van der Waals surface area contributed by atoms with E-state index in [0.29, 0.717) is 11.6 Å². The minimum Gasteiger partial charge on any atom is -0.481 e. The zero-order chi connectivity index (χ0) is 8.97. The van der Waals surface area contributed by atoms with Crippen LogP contribution in [0.4, 0.5) is 0 Å². The summed E-state index contributed by atoms with van der Waals surface area (Å²) in [6.07, 6.45) is 0. The van der Waals surface area contributed by atoms with Crippen LogP contribution in [0.2, 0.25) is 0 Å². The Kier molecular flexibility index (Phi) is 3.09. The third-order valence-electron chi connectivity index (χ3n) is 1.10. The Labute approximate surface area is 73.6 Å². The molecule has 0 bridgehead atoms. The molecule has 1 heterocycles. The van der Waals surface area contributed by atoms with Crippen molar-refractivity contribution in [2.45, 2.75) is 12.7 Å². The molecule has 0 aromatic carbocycles. The van der Waals surface area contributed by atoms with Crippen LogP contribution in [0.1, 0.15) is 11.6 Å². The van der Waals surface area contributed by atoms with Crippen molar-refractivity contribution in [2.75, 3.05) is 5.75 Å². The SMILES string of the molecule is Cc1nc(CSCC(=O)O)n[nH]1. The maximum Gasteiger partial charge on any atom is 0.313 e. The fourth-order valence-corrected chi connectivity index (χ4v) is 1.27. The molecule has 12 heavy (non-hydrogen) atoms. The van der Waals surface area contributed by atoms with Crippen molar-refractivity contribution in [3.8, 4) is 0 Å². The van der Waals surface area contributed by atoms with Gasteiger partial charge in [-0.3, -0.25) is 9.89 Å². The molecular formula is C6H9N3O2S. The first kappa shape index (κ1) is 9.05. The summed E-state index contributed by atoms with van der Waals surface area (Å²) in [4.78, 5) is 14.2. The molecular weight excluding hydrogens is 178 g/mol. The molecule has 0 fully saturated rings. The highest BCUT2D eigenvalue weighted by Gasteiger charge is 2.01. The Bertz CT molecular complexity index is 274. The number of nitrogens with one attached hydrogen (secondary N) is 1. The Balaban J connectivity index is 2.29. The summed E-state index contributed by atoms with van der Waals surface area (Å²) in [5, 5.41) is 14.9. The molecule has 0 aliphatic rings. The highest BCUT2D eigenvalue weighted by molar-refractivity contribution is 7.99. The summed E-state index contributed by atoms with van der Waals surface area (Å²) < 4.78 is 0. The van der Waals surface area contributed by atoms with Crippen LogP contribution in [0.25, 0.3) is 0 Å². The number of aromatic amines is 1. The van der Waals surface area contributed by atoms with Gasteiger partial charge in [-0.15, -0.1) is 11.8 Å². The van der Waals surface area contributed by atoms with E-state index in [9.17, 15) is 4.79 Å². The quantitative estimate of drug-likeness (QED) is 0.714. The Morgan fingerprint density at radius 1 is 1.75 bits per heavy atom. The Morgan fingerprint density at radius 2 is 2.50 bits per heavy atom. The van der Waals surface area contributed by atoms with Gasteiger partial charge in [0.05, 0.1) is 11.5 Å². The molecule has 0 amide bonds. The molecule has 0 aliphatic heterocycles. The molecule has 0 atom stereocenters. The normalized spacial score (nSPS) is 10.1. The highest BCUT2D eigenvalue weighted by Crippen LogP contribution is 2.06. The lowest BCUT2D eigenvalue weighted by Gasteiger charge is -1.91. The van der Waals surface area contributed by atoms with E-state index in [1.54, 1.807) is 6.92 Å². The van der Waals surface area contributed by atoms with Crippen LogP contribution < -0.4 is 0 Å². The first-order valence-electron chi connectivity index (χ1n) is 3.36. The minimum atomic E-state index is -0.813. The first-order chi connectivity index (χ1) is 5.68. The van der Waals surface area contributed by atoms with Crippen molar-refractivity contribution in [1.29, 1.82) is 0 Å². The number of carbonyl (C=O) groups is 1. The lowest BCUT2D eigenvalue weighted by molar-refractivity contribution is -0.133. The highest BCUT2D eigenvalue weighted by atomic mass is 32.2. The van der Waals surface area contributed by atoms with Crippen LogP contribution in [-0.4, -0.2) is 32.0 Å². The van der Waals surface area contributed by atoms with Crippen molar-refractivity contribution >= 4 is 17.7 Å². The summed E-state index contributed by atoms with van der Waals surface area (Å²) >= 11 is 1.28. The van der Waals surface area contributed by atoms with E-state index < -0.39 is 5.97 Å². The third-order valence-corrected chi connectivity index (χ3v) is 2.01. The predicted molar refractivity (Wildman–Crippen MR) is 44.9 cm³/mol. The lowest BCUT2D eigenvalue weighted by Crippen LogP contribution is -1.98. The largest absolute Gasteiger partial charge is 0.481 e. The standard InChI is InChI=1S/C6H9N3O2S/c1-4-7-5(9-8-4)2-12-3-6(10)11/h2-3H2,1H3,(H,10,11)(H,7,8,9). The van der Waals surface area contributed by atoms with E-state index in [2.05, 4.69) is 15.2 Å². The molecule has 0 spiro atoms. The summed E-state index contributed by atoms with van der Waals surface area (Å²) in [5.41, 5.74) is 0. The molecule has 66 valence electrons. The van der Waals surface area contributed by atoms with Crippen LogP contribution in [0, 0.1) is 6.92 Å². The second kappa shape index (κ2) is 4.10. The van der Waals surface area contributed by atoms with Gasteiger partial charge in [0.25, 0.3) is 0 Å². The second-order valence-corrected chi connectivity index (χ2v) is 3.21. The molecule has 0 aliphatic carbocycles. The van der Waals surface area contributed by atoms with Gasteiger partial charge in [-0.1, -0.05) is 0 Å². The number of hydrogen-bond donors (Lipinski definition) is 2. The van der Waals surface area contributed by atoms with Gasteiger partial charge >= 0.3 is 5.97 Å². The molecule has 6 heteroatoms. The van der Waals surface area contributed by atoms with E-state index >= 15 is 0 Å². The number of rotatable bonds is 4. The van der Waals surface area contributed by atoms with Gasteiger partial charge in [0, 0.05) is 0 Å². The average molecular weight is 187 g/mol.